The Morgan fingerprint density at radius 1 is 0.600 bits per heavy atom. The molecule has 5 aliphatic rings. The maximum atomic E-state index is 13.4. The first-order valence-corrected chi connectivity index (χ1v) is 17.4. The molecule has 4 aliphatic heterocycles. The van der Waals surface area contributed by atoms with Crippen molar-refractivity contribution in [1.29, 1.82) is 0 Å². The summed E-state index contributed by atoms with van der Waals surface area (Å²) >= 11 is 25.0. The first kappa shape index (κ1) is 29.9. The fraction of sp³-hybridized carbons (Fsp3) is 0.0500. The maximum Gasteiger partial charge on any atom is 0.266 e. The van der Waals surface area contributed by atoms with E-state index in [4.69, 9.17) is 51.4 Å². The molecule has 2 amide bonds. The van der Waals surface area contributed by atoms with E-state index in [1.54, 1.807) is 0 Å². The number of carbonyl (C=O) groups excluding carboxylic acids is 2. The van der Waals surface area contributed by atoms with Crippen LogP contribution in [-0.2, 0) is 0 Å². The van der Waals surface area contributed by atoms with Gasteiger partial charge in [0.2, 0.25) is 0 Å². The molecule has 50 heavy (non-hydrogen) atoms. The van der Waals surface area contributed by atoms with Gasteiger partial charge in [-0.15, -0.1) is 0 Å². The highest BCUT2D eigenvalue weighted by Gasteiger charge is 2.44. The van der Waals surface area contributed by atoms with Gasteiger partial charge in [-0.05, 0) is 58.7 Å². The third-order valence-corrected chi connectivity index (χ3v) is 11.7. The Balaban J connectivity index is 0.000000127. The Bertz CT molecular complexity index is 2690. The number of aliphatic imine (C=N–C) groups is 2. The van der Waals surface area contributed by atoms with Crippen molar-refractivity contribution >= 4 is 120 Å². The lowest BCUT2D eigenvalue weighted by atomic mass is 9.79. The van der Waals surface area contributed by atoms with Gasteiger partial charge in [-0.2, -0.15) is 0 Å². The summed E-state index contributed by atoms with van der Waals surface area (Å²) in [5.74, 6) is 1.13. The van der Waals surface area contributed by atoms with Gasteiger partial charge >= 0.3 is 0 Å². The number of amidine groups is 2. The van der Waals surface area contributed by atoms with Crippen LogP contribution in [0.1, 0.15) is 49.7 Å². The van der Waals surface area contributed by atoms with Crippen molar-refractivity contribution in [3.63, 3.8) is 0 Å². The van der Waals surface area contributed by atoms with Gasteiger partial charge in [-0.1, -0.05) is 119 Å². The lowest BCUT2D eigenvalue weighted by molar-refractivity contribution is 0.0993. The number of hydrogen-bond donors (Lipinski definition) is 0. The molecular weight excluding hydrogens is 710 g/mol. The Labute approximate surface area is 305 Å². The highest BCUT2D eigenvalue weighted by atomic mass is 35.5. The van der Waals surface area contributed by atoms with E-state index in [0.29, 0.717) is 11.4 Å². The highest BCUT2D eigenvalue weighted by molar-refractivity contribution is 6.57. The molecule has 0 saturated heterocycles. The van der Waals surface area contributed by atoms with E-state index >= 15 is 0 Å². The number of hydrogen-bond acceptors (Lipinski definition) is 4. The number of nitrogens with zero attached hydrogens (tertiary/aromatic N) is 4. The van der Waals surface area contributed by atoms with Crippen LogP contribution in [0.15, 0.2) is 107 Å². The summed E-state index contributed by atoms with van der Waals surface area (Å²) in [5.41, 5.74) is 7.13. The number of allylic oxidation sites excluding steroid dienone is 1. The minimum Gasteiger partial charge on any atom is -0.268 e. The minimum absolute atomic E-state index is 0.0316. The summed E-state index contributed by atoms with van der Waals surface area (Å²) in [4.78, 5) is 39.5. The summed E-state index contributed by atoms with van der Waals surface area (Å²) in [6, 6.07) is 29.8. The lowest BCUT2D eigenvalue weighted by Gasteiger charge is -2.39. The zero-order chi connectivity index (χ0) is 34.0. The quantitative estimate of drug-likeness (QED) is 0.115. The van der Waals surface area contributed by atoms with Crippen LogP contribution < -0.4 is 9.80 Å². The average Bonchev–Trinajstić information content (AvgIpc) is 3.44. The third-order valence-electron chi connectivity index (χ3n) is 9.92. The molecule has 11 rings (SSSR count). The normalized spacial score (nSPS) is 17.1. The molecule has 4 heterocycles. The number of fused-ring (bicyclic) bond motifs is 7. The van der Waals surface area contributed by atoms with Crippen molar-refractivity contribution in [1.82, 2.24) is 0 Å². The van der Waals surface area contributed by atoms with E-state index in [0.717, 1.165) is 73.2 Å². The predicted molar refractivity (Wildman–Crippen MR) is 204 cm³/mol. The van der Waals surface area contributed by atoms with Gasteiger partial charge in [0.15, 0.2) is 5.84 Å². The zero-order valence-electron chi connectivity index (χ0n) is 25.7. The molecule has 0 saturated carbocycles. The van der Waals surface area contributed by atoms with E-state index in [9.17, 15) is 9.59 Å². The highest BCUT2D eigenvalue weighted by Crippen LogP contribution is 2.50. The van der Waals surface area contributed by atoms with Crippen molar-refractivity contribution < 1.29 is 9.59 Å². The summed E-state index contributed by atoms with van der Waals surface area (Å²) in [6.07, 6.45) is 5.19. The molecule has 1 aliphatic carbocycles. The first-order valence-electron chi connectivity index (χ1n) is 15.9. The molecule has 240 valence electrons. The van der Waals surface area contributed by atoms with Gasteiger partial charge in [0.05, 0.1) is 54.0 Å². The largest absolute Gasteiger partial charge is 0.268 e. The Hall–Kier alpha value is -4.98. The Kier molecular flexibility index (Phi) is 6.43. The van der Waals surface area contributed by atoms with Gasteiger partial charge in [-0.25, -0.2) is 9.98 Å². The molecule has 0 fully saturated rings. The van der Waals surface area contributed by atoms with Crippen LogP contribution in [0.2, 0.25) is 20.1 Å². The van der Waals surface area contributed by atoms with Crippen molar-refractivity contribution in [2.24, 2.45) is 9.98 Å². The van der Waals surface area contributed by atoms with Crippen LogP contribution in [0.25, 0.3) is 27.6 Å². The van der Waals surface area contributed by atoms with Gasteiger partial charge in [0, 0.05) is 22.3 Å². The molecule has 10 heteroatoms. The minimum atomic E-state index is -0.318. The second kappa shape index (κ2) is 10.8. The summed E-state index contributed by atoms with van der Waals surface area (Å²) < 4.78 is 0. The van der Waals surface area contributed by atoms with Crippen molar-refractivity contribution in [3.8, 4) is 0 Å². The molecule has 6 nitrogen and oxygen atoms in total. The molecule has 0 N–H and O–H groups in total. The first-order chi connectivity index (χ1) is 24.3. The number of amides is 2. The standard InChI is InChI=1S/C22H14N2O.C18H6Cl4N2O/c25-22-16-10-2-6-13-5-1-9-15(19(13)16)21-23-17-11-3-7-14-8-4-12-18(20(14)17)24(21)22;19-13-11-12(14(20)16(22)15(13)21)18(25)24-9-6-2-4-7-3-1-5-8(10(7)9)23-17(11)24/h1-8,10-12,15H,9H2;1-6H. The Morgan fingerprint density at radius 3 is 1.86 bits per heavy atom. The molecule has 0 radical (unpaired) electrons. The van der Waals surface area contributed by atoms with Crippen LogP contribution in [0.5, 0.6) is 0 Å². The number of halogens is 4. The van der Waals surface area contributed by atoms with Crippen LogP contribution in [0.3, 0.4) is 0 Å². The van der Waals surface area contributed by atoms with Gasteiger partial charge in [-0.3, -0.25) is 19.4 Å². The van der Waals surface area contributed by atoms with Crippen molar-refractivity contribution in [2.75, 3.05) is 9.80 Å². The topological polar surface area (TPSA) is 65.3 Å². The molecule has 1 atom stereocenters. The van der Waals surface area contributed by atoms with Crippen molar-refractivity contribution in [3.05, 3.63) is 145 Å². The average molecular weight is 730 g/mol. The molecule has 0 aromatic heterocycles. The molecule has 6 aromatic carbocycles. The second-order valence-corrected chi connectivity index (χ2v) is 14.0. The molecule has 0 spiro atoms. The van der Waals surface area contributed by atoms with E-state index in [2.05, 4.69) is 35.3 Å². The predicted octanol–water partition coefficient (Wildman–Crippen LogP) is 11.5. The van der Waals surface area contributed by atoms with Crippen LogP contribution in [0, 0.1) is 0 Å². The molecule has 0 bridgehead atoms. The SMILES string of the molecule is O=C1c2c(Cl)c(Cl)c(Cl)c(Cl)c2C2=Nc3cccc4cccc(c34)N12.O=C1c2cccc3c2C(CC=C3)C2=Nc3cccc4cccc(c34)N12. The van der Waals surface area contributed by atoms with Crippen LogP contribution >= 0.6 is 46.4 Å². The summed E-state index contributed by atoms with van der Waals surface area (Å²) in [6.45, 7) is 0. The third kappa shape index (κ3) is 3.93. The molecular formula is C40H20Cl4N4O2. The fourth-order valence-electron chi connectivity index (χ4n) is 7.82. The summed E-state index contributed by atoms with van der Waals surface area (Å²) in [7, 11) is 0. The van der Waals surface area contributed by atoms with E-state index in [1.165, 1.54) is 4.90 Å². The van der Waals surface area contributed by atoms with E-state index in [-0.39, 0.29) is 43.4 Å². The number of carbonyl (C=O) groups is 2. The lowest BCUT2D eigenvalue weighted by Crippen LogP contribution is -2.46. The molecule has 6 aromatic rings. The van der Waals surface area contributed by atoms with Crippen LogP contribution in [-0.4, -0.2) is 23.5 Å². The molecule has 1 unspecified atom stereocenters. The Morgan fingerprint density at radius 2 is 1.18 bits per heavy atom. The smallest absolute Gasteiger partial charge is 0.266 e. The number of benzene rings is 6. The number of rotatable bonds is 0. The fourth-order valence-corrected chi connectivity index (χ4v) is 8.84. The van der Waals surface area contributed by atoms with Crippen LogP contribution in [0.4, 0.5) is 22.7 Å². The van der Waals surface area contributed by atoms with Gasteiger partial charge in [0.1, 0.15) is 5.84 Å². The zero-order valence-corrected chi connectivity index (χ0v) is 28.7. The second-order valence-electron chi connectivity index (χ2n) is 12.5. The van der Waals surface area contributed by atoms with E-state index in [1.807, 2.05) is 77.7 Å². The van der Waals surface area contributed by atoms with Gasteiger partial charge < -0.3 is 0 Å². The van der Waals surface area contributed by atoms with Crippen molar-refractivity contribution in [2.45, 2.75) is 12.3 Å². The summed E-state index contributed by atoms with van der Waals surface area (Å²) in [5, 5.41) is 4.52. The monoisotopic (exact) mass is 728 g/mol. The maximum absolute atomic E-state index is 13.4. The number of anilines is 2. The van der Waals surface area contributed by atoms with Gasteiger partial charge in [0.25, 0.3) is 11.8 Å². The van der Waals surface area contributed by atoms with E-state index < -0.39 is 0 Å².